The summed E-state index contributed by atoms with van der Waals surface area (Å²) < 4.78 is 50.7. The van der Waals surface area contributed by atoms with Gasteiger partial charge in [-0.3, -0.25) is 0 Å². The molecule has 0 N–H and O–H groups in total. The molecule has 2 rings (SSSR count). The highest BCUT2D eigenvalue weighted by Gasteiger charge is 2.61. The van der Waals surface area contributed by atoms with Gasteiger partial charge in [0.25, 0.3) is 0 Å². The quantitative estimate of drug-likeness (QED) is 0.853. The molecule has 1 aromatic rings. The first-order valence-electron chi connectivity index (χ1n) is 6.87. The lowest BCUT2D eigenvalue weighted by molar-refractivity contribution is 0.0925. The van der Waals surface area contributed by atoms with Crippen molar-refractivity contribution < 1.29 is 17.2 Å². The van der Waals surface area contributed by atoms with E-state index in [-0.39, 0.29) is 18.3 Å². The molecule has 0 saturated heterocycles. The minimum Gasteiger partial charge on any atom is -0.222 e. The van der Waals surface area contributed by atoms with Crippen LogP contribution in [0, 0.1) is 28.4 Å². The number of hydrogen-bond acceptors (Lipinski definition) is 3. The molecule has 0 atom stereocenters. The van der Waals surface area contributed by atoms with Crippen LogP contribution < -0.4 is 0 Å². The van der Waals surface area contributed by atoms with Gasteiger partial charge in [-0.05, 0) is 36.5 Å². The summed E-state index contributed by atoms with van der Waals surface area (Å²) in [7, 11) is -4.23. The monoisotopic (exact) mass is 313 g/mol. The smallest absolute Gasteiger partial charge is 0.200 e. The molecule has 1 saturated carbocycles. The molecule has 1 aliphatic rings. The number of nitrogens with zero attached hydrogens (tertiary/aromatic N) is 1. The minimum absolute atomic E-state index is 0.168. The van der Waals surface area contributed by atoms with E-state index in [0.717, 1.165) is 25.0 Å². The van der Waals surface area contributed by atoms with E-state index >= 15 is 0 Å². The first-order chi connectivity index (χ1) is 9.76. The zero-order chi connectivity index (χ0) is 15.9. The Morgan fingerprint density at radius 2 is 1.81 bits per heavy atom. The number of hydrogen-bond donors (Lipinski definition) is 0. The van der Waals surface area contributed by atoms with Gasteiger partial charge in [0.1, 0.15) is 16.5 Å². The van der Waals surface area contributed by atoms with Crippen LogP contribution in [0.15, 0.2) is 23.1 Å². The third kappa shape index (κ3) is 2.24. The van der Waals surface area contributed by atoms with Gasteiger partial charge in [-0.15, -0.1) is 0 Å². The Kier molecular flexibility index (Phi) is 3.83. The summed E-state index contributed by atoms with van der Waals surface area (Å²) in [5.74, 6) is -1.85. The Morgan fingerprint density at radius 1 is 1.24 bits per heavy atom. The van der Waals surface area contributed by atoms with Crippen molar-refractivity contribution in [1.82, 2.24) is 0 Å². The summed E-state index contributed by atoms with van der Waals surface area (Å²) in [4.78, 5) is -0.718. The Hall–Kier alpha value is -1.48. The SMILES string of the molecule is CCC1(CC)CC(C#N)(S(=O)(=O)c2cc(F)ccc2F)C1. The van der Waals surface area contributed by atoms with Crippen molar-refractivity contribution in [1.29, 1.82) is 5.26 Å². The van der Waals surface area contributed by atoms with Crippen LogP contribution in [0.4, 0.5) is 8.78 Å². The van der Waals surface area contributed by atoms with Crippen LogP contribution in [0.5, 0.6) is 0 Å². The summed E-state index contributed by atoms with van der Waals surface area (Å²) in [5, 5.41) is 9.37. The Bertz CT molecular complexity index is 695. The van der Waals surface area contributed by atoms with Gasteiger partial charge < -0.3 is 0 Å². The average molecular weight is 313 g/mol. The molecule has 114 valence electrons. The van der Waals surface area contributed by atoms with E-state index in [1.165, 1.54) is 0 Å². The second-order valence-electron chi connectivity index (χ2n) is 5.74. The molecule has 3 nitrogen and oxygen atoms in total. The lowest BCUT2D eigenvalue weighted by atomic mass is 9.59. The zero-order valence-electron chi connectivity index (χ0n) is 12.0. The van der Waals surface area contributed by atoms with Gasteiger partial charge in [-0.2, -0.15) is 5.26 Å². The molecular weight excluding hydrogens is 296 g/mol. The average Bonchev–Trinajstić information content (AvgIpc) is 2.42. The van der Waals surface area contributed by atoms with Crippen molar-refractivity contribution in [3.8, 4) is 6.07 Å². The number of nitriles is 1. The third-order valence-electron chi connectivity index (χ3n) is 4.72. The van der Waals surface area contributed by atoms with Crippen molar-refractivity contribution in [2.75, 3.05) is 0 Å². The second-order valence-corrected chi connectivity index (χ2v) is 7.97. The molecule has 1 aromatic carbocycles. The van der Waals surface area contributed by atoms with Crippen LogP contribution in [0.1, 0.15) is 39.5 Å². The lowest BCUT2D eigenvalue weighted by Gasteiger charge is -2.51. The maximum Gasteiger partial charge on any atom is 0.200 e. The molecule has 21 heavy (non-hydrogen) atoms. The number of sulfone groups is 1. The molecule has 0 heterocycles. The van der Waals surface area contributed by atoms with Gasteiger partial charge in [-0.25, -0.2) is 17.2 Å². The van der Waals surface area contributed by atoms with Crippen LogP contribution >= 0.6 is 0 Å². The van der Waals surface area contributed by atoms with E-state index in [9.17, 15) is 22.5 Å². The molecule has 0 aliphatic heterocycles. The van der Waals surface area contributed by atoms with Crippen LogP contribution in [0.2, 0.25) is 0 Å². The predicted molar refractivity (Wildman–Crippen MR) is 74.1 cm³/mol. The molecule has 6 heteroatoms. The Morgan fingerprint density at radius 3 is 2.29 bits per heavy atom. The highest BCUT2D eigenvalue weighted by molar-refractivity contribution is 7.93. The first-order valence-corrected chi connectivity index (χ1v) is 8.35. The van der Waals surface area contributed by atoms with Crippen molar-refractivity contribution in [3.63, 3.8) is 0 Å². The second kappa shape index (κ2) is 5.06. The largest absolute Gasteiger partial charge is 0.222 e. The normalized spacial score (nSPS) is 19.6. The van der Waals surface area contributed by atoms with Gasteiger partial charge in [0.05, 0.1) is 6.07 Å². The van der Waals surface area contributed by atoms with Crippen molar-refractivity contribution in [2.24, 2.45) is 5.41 Å². The van der Waals surface area contributed by atoms with Gasteiger partial charge in [0.2, 0.25) is 0 Å². The van der Waals surface area contributed by atoms with E-state index in [1.54, 1.807) is 0 Å². The molecule has 1 aliphatic carbocycles. The zero-order valence-corrected chi connectivity index (χ0v) is 12.8. The standard InChI is InChI=1S/C15H17F2NO2S/c1-3-14(4-2)8-15(9-14,10-18)21(19,20)13-7-11(16)5-6-12(13)17/h5-7H,3-4,8-9H2,1-2H3. The van der Waals surface area contributed by atoms with E-state index < -0.39 is 31.1 Å². The number of benzene rings is 1. The molecular formula is C15H17F2NO2S. The van der Waals surface area contributed by atoms with Gasteiger partial charge in [-0.1, -0.05) is 26.7 Å². The van der Waals surface area contributed by atoms with Crippen LogP contribution in [0.25, 0.3) is 0 Å². The fraction of sp³-hybridized carbons (Fsp3) is 0.533. The lowest BCUT2D eigenvalue weighted by Crippen LogP contribution is -2.55. The molecule has 1 fully saturated rings. The van der Waals surface area contributed by atoms with Crippen molar-refractivity contribution in [3.05, 3.63) is 29.8 Å². The van der Waals surface area contributed by atoms with E-state index in [1.807, 2.05) is 19.9 Å². The fourth-order valence-corrected chi connectivity index (χ4v) is 5.26. The molecule has 0 radical (unpaired) electrons. The maximum atomic E-state index is 13.8. The van der Waals surface area contributed by atoms with E-state index in [0.29, 0.717) is 6.07 Å². The molecule has 0 spiro atoms. The molecule has 0 aromatic heterocycles. The molecule has 0 bridgehead atoms. The van der Waals surface area contributed by atoms with Gasteiger partial charge in [0, 0.05) is 0 Å². The summed E-state index contributed by atoms with van der Waals surface area (Å²) in [6.45, 7) is 3.89. The highest BCUT2D eigenvalue weighted by atomic mass is 32.2. The van der Waals surface area contributed by atoms with Crippen LogP contribution in [0.3, 0.4) is 0 Å². The Balaban J connectivity index is 2.49. The van der Waals surface area contributed by atoms with Gasteiger partial charge in [0.15, 0.2) is 14.6 Å². The summed E-state index contributed by atoms with van der Waals surface area (Å²) in [6.07, 6.45) is 1.85. The fourth-order valence-electron chi connectivity index (χ4n) is 3.13. The van der Waals surface area contributed by atoms with Gasteiger partial charge >= 0.3 is 0 Å². The summed E-state index contributed by atoms with van der Waals surface area (Å²) >= 11 is 0. The third-order valence-corrected chi connectivity index (χ3v) is 7.02. The van der Waals surface area contributed by atoms with Crippen LogP contribution in [-0.2, 0) is 9.84 Å². The minimum atomic E-state index is -4.23. The van der Waals surface area contributed by atoms with E-state index in [4.69, 9.17) is 0 Å². The Labute approximate surface area is 123 Å². The van der Waals surface area contributed by atoms with Crippen molar-refractivity contribution >= 4 is 9.84 Å². The van der Waals surface area contributed by atoms with Crippen molar-refractivity contribution in [2.45, 2.75) is 49.2 Å². The number of rotatable bonds is 4. The highest BCUT2D eigenvalue weighted by Crippen LogP contribution is 2.57. The summed E-state index contributed by atoms with van der Waals surface area (Å²) in [6, 6.07) is 4.14. The molecule has 0 amide bonds. The molecule has 0 unspecified atom stereocenters. The first kappa shape index (κ1) is 15.9. The van der Waals surface area contributed by atoms with E-state index in [2.05, 4.69) is 0 Å². The topological polar surface area (TPSA) is 57.9 Å². The number of halogens is 2. The maximum absolute atomic E-state index is 13.8. The van der Waals surface area contributed by atoms with Crippen LogP contribution in [-0.4, -0.2) is 13.2 Å². The predicted octanol–water partition coefficient (Wildman–Crippen LogP) is 3.60. The summed E-state index contributed by atoms with van der Waals surface area (Å²) in [5.41, 5.74) is -0.202.